The SMILES string of the molecule is O=C(CNC(=O)C1CCCN1C1CCNCC1)NC1CC1. The summed E-state index contributed by atoms with van der Waals surface area (Å²) in [4.78, 5) is 26.4. The third kappa shape index (κ3) is 3.95. The van der Waals surface area contributed by atoms with Crippen molar-refractivity contribution in [3.63, 3.8) is 0 Å². The van der Waals surface area contributed by atoms with E-state index in [-0.39, 0.29) is 24.4 Å². The van der Waals surface area contributed by atoms with Gasteiger partial charge in [0.25, 0.3) is 0 Å². The van der Waals surface area contributed by atoms with E-state index in [2.05, 4.69) is 20.9 Å². The van der Waals surface area contributed by atoms with Gasteiger partial charge in [-0.05, 0) is 58.2 Å². The van der Waals surface area contributed by atoms with Crippen molar-refractivity contribution >= 4 is 11.8 Å². The molecule has 0 aromatic rings. The van der Waals surface area contributed by atoms with E-state index in [1.807, 2.05) is 0 Å². The lowest BCUT2D eigenvalue weighted by Gasteiger charge is -2.35. The largest absolute Gasteiger partial charge is 0.352 e. The number of nitrogens with zero attached hydrogens (tertiary/aromatic N) is 1. The summed E-state index contributed by atoms with van der Waals surface area (Å²) in [6.07, 6.45) is 6.38. The fourth-order valence-electron chi connectivity index (χ4n) is 3.44. The first-order valence-electron chi connectivity index (χ1n) is 8.27. The molecule has 1 unspecified atom stereocenters. The van der Waals surface area contributed by atoms with Crippen LogP contribution in [0.1, 0.15) is 38.5 Å². The molecule has 118 valence electrons. The van der Waals surface area contributed by atoms with Crippen LogP contribution >= 0.6 is 0 Å². The van der Waals surface area contributed by atoms with E-state index in [0.29, 0.717) is 12.1 Å². The van der Waals surface area contributed by atoms with Gasteiger partial charge >= 0.3 is 0 Å². The Bertz CT molecular complexity index is 391. The highest BCUT2D eigenvalue weighted by Crippen LogP contribution is 2.24. The molecule has 0 bridgehead atoms. The van der Waals surface area contributed by atoms with Crippen LogP contribution in [0.25, 0.3) is 0 Å². The summed E-state index contributed by atoms with van der Waals surface area (Å²) in [7, 11) is 0. The molecule has 2 aliphatic heterocycles. The van der Waals surface area contributed by atoms with Gasteiger partial charge in [0.05, 0.1) is 12.6 Å². The van der Waals surface area contributed by atoms with E-state index >= 15 is 0 Å². The minimum Gasteiger partial charge on any atom is -0.352 e. The highest BCUT2D eigenvalue weighted by molar-refractivity contribution is 5.87. The van der Waals surface area contributed by atoms with E-state index in [4.69, 9.17) is 0 Å². The molecule has 1 atom stereocenters. The van der Waals surface area contributed by atoms with Crippen LogP contribution < -0.4 is 16.0 Å². The van der Waals surface area contributed by atoms with Gasteiger partial charge in [0, 0.05) is 12.1 Å². The predicted molar refractivity (Wildman–Crippen MR) is 79.8 cm³/mol. The standard InChI is InChI=1S/C15H26N4O2/c20-14(18-11-3-4-11)10-17-15(21)13-2-1-9-19(13)12-5-7-16-8-6-12/h11-13,16H,1-10H2,(H,17,21)(H,18,20). The number of hydrogen-bond donors (Lipinski definition) is 3. The van der Waals surface area contributed by atoms with Gasteiger partial charge in [0.15, 0.2) is 0 Å². The summed E-state index contributed by atoms with van der Waals surface area (Å²) in [6.45, 7) is 3.21. The van der Waals surface area contributed by atoms with Crippen molar-refractivity contribution in [2.45, 2.75) is 56.7 Å². The summed E-state index contributed by atoms with van der Waals surface area (Å²) in [5.41, 5.74) is 0. The molecule has 2 saturated heterocycles. The first kappa shape index (κ1) is 14.8. The van der Waals surface area contributed by atoms with E-state index < -0.39 is 0 Å². The topological polar surface area (TPSA) is 73.5 Å². The molecule has 0 spiro atoms. The molecule has 3 aliphatic rings. The summed E-state index contributed by atoms with van der Waals surface area (Å²) in [5, 5.41) is 9.08. The molecule has 21 heavy (non-hydrogen) atoms. The molecule has 0 aromatic heterocycles. The van der Waals surface area contributed by atoms with Crippen LogP contribution in [0.15, 0.2) is 0 Å². The van der Waals surface area contributed by atoms with Gasteiger partial charge in [-0.15, -0.1) is 0 Å². The minimum atomic E-state index is -0.0581. The Labute approximate surface area is 126 Å². The second kappa shape index (κ2) is 6.75. The molecule has 3 fully saturated rings. The molecular formula is C15H26N4O2. The first-order valence-corrected chi connectivity index (χ1v) is 8.27. The number of piperidine rings is 1. The van der Waals surface area contributed by atoms with Crippen molar-refractivity contribution in [2.75, 3.05) is 26.2 Å². The Morgan fingerprint density at radius 2 is 1.86 bits per heavy atom. The molecule has 2 heterocycles. The number of rotatable bonds is 5. The van der Waals surface area contributed by atoms with Gasteiger partial charge in [-0.25, -0.2) is 0 Å². The van der Waals surface area contributed by atoms with E-state index in [9.17, 15) is 9.59 Å². The highest BCUT2D eigenvalue weighted by atomic mass is 16.2. The Hall–Kier alpha value is -1.14. The average Bonchev–Trinajstić information content (AvgIpc) is 3.18. The van der Waals surface area contributed by atoms with E-state index in [1.165, 1.54) is 0 Å². The predicted octanol–water partition coefficient (Wildman–Crippen LogP) is -0.402. The van der Waals surface area contributed by atoms with Crippen molar-refractivity contribution in [1.82, 2.24) is 20.9 Å². The lowest BCUT2D eigenvalue weighted by atomic mass is 10.0. The Morgan fingerprint density at radius 3 is 2.57 bits per heavy atom. The van der Waals surface area contributed by atoms with Crippen molar-refractivity contribution in [3.8, 4) is 0 Å². The highest BCUT2D eigenvalue weighted by Gasteiger charge is 2.35. The van der Waals surface area contributed by atoms with Gasteiger partial charge in [0.2, 0.25) is 11.8 Å². The molecule has 6 nitrogen and oxygen atoms in total. The van der Waals surface area contributed by atoms with Crippen molar-refractivity contribution in [3.05, 3.63) is 0 Å². The van der Waals surface area contributed by atoms with Crippen molar-refractivity contribution < 1.29 is 9.59 Å². The van der Waals surface area contributed by atoms with Crippen LogP contribution in [-0.4, -0.2) is 61.0 Å². The number of amides is 2. The first-order chi connectivity index (χ1) is 10.2. The summed E-state index contributed by atoms with van der Waals surface area (Å²) < 4.78 is 0. The van der Waals surface area contributed by atoms with Crippen LogP contribution in [0.3, 0.4) is 0 Å². The minimum absolute atomic E-state index is 0.0250. The molecule has 2 amide bonds. The zero-order valence-electron chi connectivity index (χ0n) is 12.6. The van der Waals surface area contributed by atoms with E-state index in [1.54, 1.807) is 0 Å². The quantitative estimate of drug-likeness (QED) is 0.645. The fraction of sp³-hybridized carbons (Fsp3) is 0.867. The van der Waals surface area contributed by atoms with Gasteiger partial charge in [0.1, 0.15) is 0 Å². The van der Waals surface area contributed by atoms with Crippen molar-refractivity contribution in [1.29, 1.82) is 0 Å². The Morgan fingerprint density at radius 1 is 1.10 bits per heavy atom. The maximum atomic E-state index is 12.4. The van der Waals surface area contributed by atoms with Gasteiger partial charge < -0.3 is 16.0 Å². The molecule has 3 N–H and O–H groups in total. The van der Waals surface area contributed by atoms with Gasteiger partial charge in [-0.2, -0.15) is 0 Å². The third-order valence-corrected chi connectivity index (χ3v) is 4.74. The Balaban J connectivity index is 1.46. The zero-order chi connectivity index (χ0) is 14.7. The number of nitrogens with one attached hydrogen (secondary N) is 3. The molecule has 0 radical (unpaired) electrons. The molecule has 6 heteroatoms. The molecule has 1 saturated carbocycles. The second-order valence-corrected chi connectivity index (χ2v) is 6.44. The van der Waals surface area contributed by atoms with Gasteiger partial charge in [-0.3, -0.25) is 14.5 Å². The molecule has 0 aromatic carbocycles. The van der Waals surface area contributed by atoms with Crippen LogP contribution in [-0.2, 0) is 9.59 Å². The number of carbonyl (C=O) groups excluding carboxylic acids is 2. The molecule has 3 rings (SSSR count). The smallest absolute Gasteiger partial charge is 0.239 e. The number of hydrogen-bond acceptors (Lipinski definition) is 4. The fourth-order valence-corrected chi connectivity index (χ4v) is 3.44. The summed E-state index contributed by atoms with van der Waals surface area (Å²) in [6, 6.07) is 0.832. The van der Waals surface area contributed by atoms with Crippen LogP contribution in [0.4, 0.5) is 0 Å². The van der Waals surface area contributed by atoms with Crippen LogP contribution in [0.2, 0.25) is 0 Å². The summed E-state index contributed by atoms with van der Waals surface area (Å²) in [5.74, 6) is -0.0331. The summed E-state index contributed by atoms with van der Waals surface area (Å²) >= 11 is 0. The van der Waals surface area contributed by atoms with Crippen LogP contribution in [0, 0.1) is 0 Å². The average molecular weight is 294 g/mol. The molecular weight excluding hydrogens is 268 g/mol. The number of carbonyl (C=O) groups is 2. The zero-order valence-corrected chi connectivity index (χ0v) is 12.6. The monoisotopic (exact) mass is 294 g/mol. The second-order valence-electron chi connectivity index (χ2n) is 6.44. The van der Waals surface area contributed by atoms with Gasteiger partial charge in [-0.1, -0.05) is 0 Å². The molecule has 1 aliphatic carbocycles. The lowest BCUT2D eigenvalue weighted by Crippen LogP contribution is -2.51. The van der Waals surface area contributed by atoms with Crippen LogP contribution in [0.5, 0.6) is 0 Å². The van der Waals surface area contributed by atoms with E-state index in [0.717, 1.165) is 58.2 Å². The Kier molecular flexibility index (Phi) is 4.75. The lowest BCUT2D eigenvalue weighted by molar-refractivity contribution is -0.129. The normalized spacial score (nSPS) is 27.5. The number of likely N-dealkylation sites (tertiary alicyclic amines) is 1. The maximum Gasteiger partial charge on any atom is 0.239 e. The third-order valence-electron chi connectivity index (χ3n) is 4.74. The van der Waals surface area contributed by atoms with Crippen molar-refractivity contribution in [2.24, 2.45) is 0 Å². The maximum absolute atomic E-state index is 12.4.